The summed E-state index contributed by atoms with van der Waals surface area (Å²) in [5.41, 5.74) is 0.00877. The maximum Gasteiger partial charge on any atom is 0.256 e. The van der Waals surface area contributed by atoms with Crippen LogP contribution >= 0.6 is 0 Å². The summed E-state index contributed by atoms with van der Waals surface area (Å²) in [6.45, 7) is 3.40. The van der Waals surface area contributed by atoms with Crippen molar-refractivity contribution in [2.24, 2.45) is 5.41 Å². The molecule has 1 aromatic rings. The predicted octanol–water partition coefficient (Wildman–Crippen LogP) is 2.24. The summed E-state index contributed by atoms with van der Waals surface area (Å²) in [6.07, 6.45) is 6.02. The zero-order valence-corrected chi connectivity index (χ0v) is 11.8. The van der Waals surface area contributed by atoms with Crippen LogP contribution in [0.1, 0.15) is 43.0 Å². The van der Waals surface area contributed by atoms with Gasteiger partial charge in [-0.25, -0.2) is 4.39 Å². The molecule has 0 radical (unpaired) electrons. The number of piperidine rings is 1. The van der Waals surface area contributed by atoms with Crippen molar-refractivity contribution in [3.05, 3.63) is 29.8 Å². The van der Waals surface area contributed by atoms with Gasteiger partial charge >= 0.3 is 0 Å². The van der Waals surface area contributed by atoms with Crippen LogP contribution in [0.3, 0.4) is 0 Å². The van der Waals surface area contributed by atoms with Gasteiger partial charge in [0.05, 0.1) is 11.8 Å². The molecule has 1 amide bonds. The average molecular weight is 280 g/mol. The molecule has 1 saturated heterocycles. The molecule has 0 spiro atoms. The van der Waals surface area contributed by atoms with E-state index in [2.05, 4.69) is 11.9 Å². The molecule has 2 rings (SSSR count). The number of hydrogen-bond donors (Lipinski definition) is 1. The SMILES string of the molecule is CCCC1(CO)CCN(C(=O)c2ccncc2F)CC1. The van der Waals surface area contributed by atoms with Crippen molar-refractivity contribution in [2.45, 2.75) is 32.6 Å². The molecule has 0 saturated carbocycles. The van der Waals surface area contributed by atoms with Crippen molar-refractivity contribution in [3.8, 4) is 0 Å². The maximum absolute atomic E-state index is 13.6. The smallest absolute Gasteiger partial charge is 0.256 e. The monoisotopic (exact) mass is 280 g/mol. The summed E-state index contributed by atoms with van der Waals surface area (Å²) < 4.78 is 13.6. The Morgan fingerprint density at radius 3 is 2.75 bits per heavy atom. The van der Waals surface area contributed by atoms with Gasteiger partial charge in [0.1, 0.15) is 0 Å². The van der Waals surface area contributed by atoms with Crippen LogP contribution in [0.4, 0.5) is 4.39 Å². The maximum atomic E-state index is 13.6. The van der Waals surface area contributed by atoms with Gasteiger partial charge in [-0.1, -0.05) is 13.3 Å². The van der Waals surface area contributed by atoms with Gasteiger partial charge in [-0.05, 0) is 30.7 Å². The van der Waals surface area contributed by atoms with Crippen molar-refractivity contribution in [1.82, 2.24) is 9.88 Å². The number of hydrogen-bond acceptors (Lipinski definition) is 3. The quantitative estimate of drug-likeness (QED) is 0.920. The zero-order chi connectivity index (χ0) is 14.6. The molecule has 5 heteroatoms. The third-order valence-electron chi connectivity index (χ3n) is 4.23. The van der Waals surface area contributed by atoms with Crippen LogP contribution in [-0.2, 0) is 0 Å². The molecule has 1 N–H and O–H groups in total. The molecular weight excluding hydrogens is 259 g/mol. The van der Waals surface area contributed by atoms with Gasteiger partial charge in [0.2, 0.25) is 0 Å². The fourth-order valence-electron chi connectivity index (χ4n) is 2.92. The number of carbonyl (C=O) groups is 1. The molecule has 0 aromatic carbocycles. The number of pyridine rings is 1. The first-order valence-electron chi connectivity index (χ1n) is 7.11. The van der Waals surface area contributed by atoms with E-state index in [0.29, 0.717) is 13.1 Å². The second-order valence-corrected chi connectivity index (χ2v) is 5.56. The average Bonchev–Trinajstić information content (AvgIpc) is 2.48. The number of carbonyl (C=O) groups excluding carboxylic acids is 1. The van der Waals surface area contributed by atoms with Crippen molar-refractivity contribution in [3.63, 3.8) is 0 Å². The number of amides is 1. The van der Waals surface area contributed by atoms with E-state index in [4.69, 9.17) is 0 Å². The van der Waals surface area contributed by atoms with Crippen LogP contribution in [0, 0.1) is 11.2 Å². The molecule has 4 nitrogen and oxygen atoms in total. The Kier molecular flexibility index (Phi) is 4.70. The number of rotatable bonds is 4. The fourth-order valence-corrected chi connectivity index (χ4v) is 2.92. The Bertz CT molecular complexity index is 471. The fraction of sp³-hybridized carbons (Fsp3) is 0.600. The van der Waals surface area contributed by atoms with E-state index in [9.17, 15) is 14.3 Å². The lowest BCUT2D eigenvalue weighted by Gasteiger charge is -2.40. The second kappa shape index (κ2) is 6.31. The highest BCUT2D eigenvalue weighted by molar-refractivity contribution is 5.94. The lowest BCUT2D eigenvalue weighted by molar-refractivity contribution is 0.0307. The summed E-state index contributed by atoms with van der Waals surface area (Å²) in [7, 11) is 0. The first kappa shape index (κ1) is 14.9. The molecule has 2 heterocycles. The zero-order valence-electron chi connectivity index (χ0n) is 11.8. The minimum atomic E-state index is -0.579. The van der Waals surface area contributed by atoms with Gasteiger partial charge in [-0.3, -0.25) is 9.78 Å². The Labute approximate surface area is 118 Å². The third kappa shape index (κ3) is 2.98. The topological polar surface area (TPSA) is 53.4 Å². The molecule has 0 unspecified atom stereocenters. The molecule has 110 valence electrons. The lowest BCUT2D eigenvalue weighted by atomic mass is 9.75. The molecule has 1 aliphatic heterocycles. The van der Waals surface area contributed by atoms with Gasteiger partial charge in [-0.2, -0.15) is 0 Å². The molecule has 1 aromatic heterocycles. The normalized spacial score (nSPS) is 18.1. The lowest BCUT2D eigenvalue weighted by Crippen LogP contribution is -2.44. The molecular formula is C15H21FN2O2. The van der Waals surface area contributed by atoms with E-state index >= 15 is 0 Å². The van der Waals surface area contributed by atoms with Gasteiger partial charge in [0.15, 0.2) is 5.82 Å². The van der Waals surface area contributed by atoms with Gasteiger partial charge in [-0.15, -0.1) is 0 Å². The summed E-state index contributed by atoms with van der Waals surface area (Å²) in [5, 5.41) is 9.59. The van der Waals surface area contributed by atoms with Crippen LogP contribution in [0.15, 0.2) is 18.5 Å². The number of likely N-dealkylation sites (tertiary alicyclic amines) is 1. The third-order valence-corrected chi connectivity index (χ3v) is 4.23. The molecule has 0 atom stereocenters. The van der Waals surface area contributed by atoms with Gasteiger partial charge in [0, 0.05) is 25.9 Å². The Morgan fingerprint density at radius 1 is 1.50 bits per heavy atom. The van der Waals surface area contributed by atoms with E-state index in [0.717, 1.165) is 31.9 Å². The number of nitrogens with zero attached hydrogens (tertiary/aromatic N) is 2. The molecule has 0 bridgehead atoms. The summed E-state index contributed by atoms with van der Waals surface area (Å²) in [5.74, 6) is -0.863. The molecule has 1 fully saturated rings. The Hall–Kier alpha value is -1.49. The van der Waals surface area contributed by atoms with E-state index in [1.54, 1.807) is 4.90 Å². The number of aliphatic hydroxyl groups is 1. The van der Waals surface area contributed by atoms with E-state index < -0.39 is 5.82 Å². The highest BCUT2D eigenvalue weighted by atomic mass is 19.1. The van der Waals surface area contributed by atoms with E-state index in [1.807, 2.05) is 0 Å². The van der Waals surface area contributed by atoms with Crippen LogP contribution in [0.5, 0.6) is 0 Å². The van der Waals surface area contributed by atoms with Crippen LogP contribution in [-0.4, -0.2) is 40.6 Å². The largest absolute Gasteiger partial charge is 0.396 e. The van der Waals surface area contributed by atoms with Gasteiger partial charge < -0.3 is 10.0 Å². The van der Waals surface area contributed by atoms with E-state index in [1.165, 1.54) is 12.3 Å². The second-order valence-electron chi connectivity index (χ2n) is 5.56. The van der Waals surface area contributed by atoms with Crippen molar-refractivity contribution in [1.29, 1.82) is 0 Å². The van der Waals surface area contributed by atoms with E-state index in [-0.39, 0.29) is 23.5 Å². The van der Waals surface area contributed by atoms with Crippen molar-refractivity contribution >= 4 is 5.91 Å². The number of halogens is 1. The molecule has 20 heavy (non-hydrogen) atoms. The highest BCUT2D eigenvalue weighted by Crippen LogP contribution is 2.36. The predicted molar refractivity (Wildman–Crippen MR) is 73.8 cm³/mol. The molecule has 1 aliphatic rings. The summed E-state index contributed by atoms with van der Waals surface area (Å²) in [6, 6.07) is 1.41. The number of aromatic nitrogens is 1. The standard InChI is InChI=1S/C15H21FN2O2/c1-2-4-15(11-19)5-8-18(9-6-15)14(20)12-3-7-17-10-13(12)16/h3,7,10,19H,2,4-6,8-9,11H2,1H3. The highest BCUT2D eigenvalue weighted by Gasteiger charge is 2.35. The minimum Gasteiger partial charge on any atom is -0.396 e. The first-order valence-corrected chi connectivity index (χ1v) is 7.11. The Morgan fingerprint density at radius 2 is 2.20 bits per heavy atom. The van der Waals surface area contributed by atoms with Crippen molar-refractivity contribution in [2.75, 3.05) is 19.7 Å². The summed E-state index contributed by atoms with van der Waals surface area (Å²) in [4.78, 5) is 17.6. The minimum absolute atomic E-state index is 0.0671. The Balaban J connectivity index is 2.04. The van der Waals surface area contributed by atoms with Gasteiger partial charge in [0.25, 0.3) is 5.91 Å². The van der Waals surface area contributed by atoms with Crippen LogP contribution in [0.25, 0.3) is 0 Å². The molecule has 0 aliphatic carbocycles. The first-order chi connectivity index (χ1) is 9.62. The van der Waals surface area contributed by atoms with Crippen LogP contribution in [0.2, 0.25) is 0 Å². The number of aliphatic hydroxyl groups excluding tert-OH is 1. The van der Waals surface area contributed by atoms with Crippen LogP contribution < -0.4 is 0 Å². The van der Waals surface area contributed by atoms with Crippen molar-refractivity contribution < 1.29 is 14.3 Å². The summed E-state index contributed by atoms with van der Waals surface area (Å²) >= 11 is 0.